The van der Waals surface area contributed by atoms with Crippen molar-refractivity contribution in [2.45, 2.75) is 26.3 Å². The van der Waals surface area contributed by atoms with Crippen LogP contribution in [0, 0.1) is 0 Å². The number of rotatable bonds is 7. The largest absolute Gasteiger partial charge is 0.493 e. The molecule has 1 aromatic heterocycles. The van der Waals surface area contributed by atoms with Crippen molar-refractivity contribution in [2.75, 3.05) is 19.1 Å². The zero-order chi connectivity index (χ0) is 25.9. The standard InChI is InChI=1S/C29H28N4O4/c1-5-19-11-13-20(14-12-19)26-25(28-31-27(32-37-28)21-9-7-6-8-10-21)18(2)33(29(34)30-26)22-15-16-23(35-3)24(17-22)36-4/h6-17,26H,5H2,1-4H3,(H,30,34). The molecule has 188 valence electrons. The van der Waals surface area contributed by atoms with Gasteiger partial charge in [0.2, 0.25) is 5.82 Å². The Labute approximate surface area is 215 Å². The molecule has 8 heteroatoms. The van der Waals surface area contributed by atoms with E-state index in [4.69, 9.17) is 19.0 Å². The highest BCUT2D eigenvalue weighted by Gasteiger charge is 2.36. The van der Waals surface area contributed by atoms with Gasteiger partial charge in [-0.15, -0.1) is 0 Å². The summed E-state index contributed by atoms with van der Waals surface area (Å²) in [7, 11) is 3.13. The van der Waals surface area contributed by atoms with Gasteiger partial charge in [0.05, 0.1) is 31.5 Å². The van der Waals surface area contributed by atoms with Crippen LogP contribution in [0.25, 0.3) is 17.0 Å². The van der Waals surface area contributed by atoms with Crippen molar-refractivity contribution < 1.29 is 18.8 Å². The molecule has 1 N–H and O–H groups in total. The average molecular weight is 497 g/mol. The van der Waals surface area contributed by atoms with E-state index in [9.17, 15) is 4.79 Å². The molecule has 0 radical (unpaired) electrons. The first-order chi connectivity index (χ1) is 18.0. The van der Waals surface area contributed by atoms with Crippen LogP contribution in [0.15, 0.2) is 83.0 Å². The second kappa shape index (κ2) is 10.2. The predicted molar refractivity (Wildman–Crippen MR) is 141 cm³/mol. The molecule has 0 bridgehead atoms. The number of carbonyl (C=O) groups is 1. The minimum Gasteiger partial charge on any atom is -0.493 e. The summed E-state index contributed by atoms with van der Waals surface area (Å²) in [6.45, 7) is 3.99. The average Bonchev–Trinajstić information content (AvgIpc) is 3.43. The number of benzene rings is 3. The number of anilines is 1. The molecule has 2 heterocycles. The monoisotopic (exact) mass is 496 g/mol. The third kappa shape index (κ3) is 4.53. The Morgan fingerprint density at radius 3 is 2.38 bits per heavy atom. The molecule has 3 aromatic carbocycles. The summed E-state index contributed by atoms with van der Waals surface area (Å²) < 4.78 is 16.6. The first-order valence-corrected chi connectivity index (χ1v) is 12.1. The normalized spacial score (nSPS) is 15.5. The molecule has 8 nitrogen and oxygen atoms in total. The molecule has 1 unspecified atom stereocenters. The highest BCUT2D eigenvalue weighted by atomic mass is 16.5. The number of aromatic nitrogens is 2. The molecule has 1 aliphatic rings. The first kappa shape index (κ1) is 24.1. The zero-order valence-corrected chi connectivity index (χ0v) is 21.2. The van der Waals surface area contributed by atoms with E-state index < -0.39 is 6.04 Å². The van der Waals surface area contributed by atoms with Crippen LogP contribution in [0.4, 0.5) is 10.5 Å². The SMILES string of the molecule is CCc1ccc(C2NC(=O)N(c3ccc(OC)c(OC)c3)C(C)=C2c2nc(-c3ccccc3)no2)cc1. The molecule has 0 aliphatic carbocycles. The van der Waals surface area contributed by atoms with Crippen LogP contribution in [-0.4, -0.2) is 30.4 Å². The Morgan fingerprint density at radius 2 is 1.70 bits per heavy atom. The van der Waals surface area contributed by atoms with Crippen molar-refractivity contribution in [2.24, 2.45) is 0 Å². The summed E-state index contributed by atoms with van der Waals surface area (Å²) in [4.78, 5) is 19.8. The summed E-state index contributed by atoms with van der Waals surface area (Å²) in [6.07, 6.45) is 0.927. The van der Waals surface area contributed by atoms with E-state index in [1.165, 1.54) is 5.56 Å². The number of nitrogens with zero attached hydrogens (tertiary/aromatic N) is 3. The molecule has 4 aromatic rings. The number of carbonyl (C=O) groups excluding carboxylic acids is 1. The molecule has 0 fully saturated rings. The molecule has 0 spiro atoms. The van der Waals surface area contributed by atoms with Crippen LogP contribution < -0.4 is 19.7 Å². The number of allylic oxidation sites excluding steroid dienone is 1. The number of aryl methyl sites for hydroxylation is 1. The van der Waals surface area contributed by atoms with Crippen LogP contribution in [0.2, 0.25) is 0 Å². The first-order valence-electron chi connectivity index (χ1n) is 12.1. The maximum Gasteiger partial charge on any atom is 0.327 e. The maximum absolute atomic E-state index is 13.5. The van der Waals surface area contributed by atoms with Crippen molar-refractivity contribution in [3.8, 4) is 22.9 Å². The molecule has 5 rings (SSSR count). The fourth-order valence-corrected chi connectivity index (χ4v) is 4.53. The van der Waals surface area contributed by atoms with Crippen LogP contribution in [0.5, 0.6) is 11.5 Å². The molecule has 0 saturated carbocycles. The number of hydrogen-bond donors (Lipinski definition) is 1. The Hall–Kier alpha value is -4.59. The van der Waals surface area contributed by atoms with E-state index in [2.05, 4.69) is 29.5 Å². The van der Waals surface area contributed by atoms with Gasteiger partial charge in [-0.3, -0.25) is 4.90 Å². The lowest BCUT2D eigenvalue weighted by atomic mass is 9.93. The van der Waals surface area contributed by atoms with Gasteiger partial charge in [0.1, 0.15) is 0 Å². The van der Waals surface area contributed by atoms with Crippen LogP contribution in [0.3, 0.4) is 0 Å². The number of hydrogen-bond acceptors (Lipinski definition) is 6. The van der Waals surface area contributed by atoms with Gasteiger partial charge in [0, 0.05) is 17.3 Å². The fraction of sp³-hybridized carbons (Fsp3) is 0.207. The molecule has 2 amide bonds. The van der Waals surface area contributed by atoms with Crippen molar-refractivity contribution in [1.29, 1.82) is 0 Å². The second-order valence-corrected chi connectivity index (χ2v) is 8.64. The number of methoxy groups -OCH3 is 2. The molecule has 1 aliphatic heterocycles. The summed E-state index contributed by atoms with van der Waals surface area (Å²) in [5.74, 6) is 1.91. The Morgan fingerprint density at radius 1 is 0.973 bits per heavy atom. The van der Waals surface area contributed by atoms with Crippen LogP contribution in [-0.2, 0) is 6.42 Å². The van der Waals surface area contributed by atoms with Gasteiger partial charge >= 0.3 is 6.03 Å². The lowest BCUT2D eigenvalue weighted by molar-refractivity contribution is 0.244. The van der Waals surface area contributed by atoms with E-state index in [0.717, 1.165) is 17.5 Å². The molecule has 0 saturated heterocycles. The van der Waals surface area contributed by atoms with Gasteiger partial charge in [-0.2, -0.15) is 4.98 Å². The van der Waals surface area contributed by atoms with E-state index in [-0.39, 0.29) is 6.03 Å². The molecular weight excluding hydrogens is 468 g/mol. The van der Waals surface area contributed by atoms with Gasteiger partial charge in [-0.1, -0.05) is 66.7 Å². The van der Waals surface area contributed by atoms with Crippen LogP contribution >= 0.6 is 0 Å². The smallest absolute Gasteiger partial charge is 0.327 e. The van der Waals surface area contributed by atoms with Crippen molar-refractivity contribution in [3.05, 3.63) is 95.5 Å². The Kier molecular flexibility index (Phi) is 6.64. The summed E-state index contributed by atoms with van der Waals surface area (Å²) in [5, 5.41) is 7.37. The highest BCUT2D eigenvalue weighted by molar-refractivity contribution is 6.01. The van der Waals surface area contributed by atoms with Crippen molar-refractivity contribution in [3.63, 3.8) is 0 Å². The fourth-order valence-electron chi connectivity index (χ4n) is 4.53. The summed E-state index contributed by atoms with van der Waals surface area (Å²) in [5.41, 5.74) is 4.98. The van der Waals surface area contributed by atoms with E-state index in [1.807, 2.05) is 55.5 Å². The van der Waals surface area contributed by atoms with E-state index in [0.29, 0.717) is 40.2 Å². The zero-order valence-electron chi connectivity index (χ0n) is 21.2. The molecule has 37 heavy (non-hydrogen) atoms. The minimum atomic E-state index is -0.473. The quantitative estimate of drug-likeness (QED) is 0.337. The number of urea groups is 1. The minimum absolute atomic E-state index is 0.277. The van der Waals surface area contributed by atoms with Gasteiger partial charge in [0.25, 0.3) is 5.89 Å². The van der Waals surface area contributed by atoms with Crippen LogP contribution in [0.1, 0.15) is 36.9 Å². The number of nitrogens with one attached hydrogen (secondary N) is 1. The highest BCUT2D eigenvalue weighted by Crippen LogP contribution is 2.41. The molecular formula is C29H28N4O4. The second-order valence-electron chi connectivity index (χ2n) is 8.64. The van der Waals surface area contributed by atoms with Gasteiger partial charge in [-0.25, -0.2) is 4.79 Å². The molecule has 1 atom stereocenters. The van der Waals surface area contributed by atoms with Gasteiger partial charge < -0.3 is 19.3 Å². The third-order valence-electron chi connectivity index (χ3n) is 6.52. The topological polar surface area (TPSA) is 89.7 Å². The lowest BCUT2D eigenvalue weighted by Gasteiger charge is -2.35. The van der Waals surface area contributed by atoms with E-state index in [1.54, 1.807) is 31.3 Å². The third-order valence-corrected chi connectivity index (χ3v) is 6.52. The Bertz CT molecular complexity index is 1440. The van der Waals surface area contributed by atoms with Crippen molar-refractivity contribution in [1.82, 2.24) is 15.5 Å². The van der Waals surface area contributed by atoms with Gasteiger partial charge in [-0.05, 0) is 36.6 Å². The summed E-state index contributed by atoms with van der Waals surface area (Å²) >= 11 is 0. The predicted octanol–water partition coefficient (Wildman–Crippen LogP) is 6.02. The van der Waals surface area contributed by atoms with Gasteiger partial charge in [0.15, 0.2) is 11.5 Å². The number of amides is 2. The van der Waals surface area contributed by atoms with Crippen molar-refractivity contribution >= 4 is 17.3 Å². The Balaban J connectivity index is 1.65. The summed E-state index contributed by atoms with van der Waals surface area (Å²) in [6, 6.07) is 22.4. The maximum atomic E-state index is 13.5. The number of ether oxygens (including phenoxy) is 2. The van der Waals surface area contributed by atoms with E-state index >= 15 is 0 Å². The lowest BCUT2D eigenvalue weighted by Crippen LogP contribution is -2.46.